The molecule has 1 amide bonds. The Bertz CT molecular complexity index is 458. The number of carbonyl (C=O) groups excluding carboxylic acids is 4. The molecule has 1 aliphatic heterocycles. The van der Waals surface area contributed by atoms with Gasteiger partial charge in [-0.2, -0.15) is 0 Å². The monoisotopic (exact) mass is 331 g/mol. The summed E-state index contributed by atoms with van der Waals surface area (Å²) in [4.78, 5) is 47.5. The second-order valence-corrected chi connectivity index (χ2v) is 4.92. The highest BCUT2D eigenvalue weighted by Crippen LogP contribution is 2.17. The molecule has 1 saturated heterocycles. The molecule has 1 rings (SSSR count). The van der Waals surface area contributed by atoms with Gasteiger partial charge in [0.05, 0.1) is 33.7 Å². The van der Waals surface area contributed by atoms with Crippen LogP contribution in [0.2, 0.25) is 0 Å². The molecular formula is C14H21NO8. The van der Waals surface area contributed by atoms with Gasteiger partial charge in [0.2, 0.25) is 5.91 Å². The van der Waals surface area contributed by atoms with Crippen molar-refractivity contribution in [1.29, 1.82) is 0 Å². The standard InChI is InChI=1S/C14H21NO8/c1-20-10(16)7-8(13(18)21-2)11(14(19)22-3)15-12(17)9-5-4-6-23-9/h8-9,11H,4-7H2,1-3H3,(H,15,17)/t8-,9+,11+/m1/s1. The van der Waals surface area contributed by atoms with Crippen LogP contribution in [0.4, 0.5) is 0 Å². The fraction of sp³-hybridized carbons (Fsp3) is 0.714. The molecule has 0 saturated carbocycles. The van der Waals surface area contributed by atoms with Gasteiger partial charge in [0.1, 0.15) is 12.1 Å². The normalized spacial score (nSPS) is 19.3. The van der Waals surface area contributed by atoms with Crippen LogP contribution in [-0.2, 0) is 38.1 Å². The minimum Gasteiger partial charge on any atom is -0.469 e. The van der Waals surface area contributed by atoms with E-state index in [0.29, 0.717) is 13.0 Å². The van der Waals surface area contributed by atoms with E-state index in [9.17, 15) is 19.2 Å². The van der Waals surface area contributed by atoms with E-state index in [1.165, 1.54) is 0 Å². The Morgan fingerprint density at radius 1 is 1.09 bits per heavy atom. The Balaban J connectivity index is 2.93. The molecule has 9 heteroatoms. The zero-order valence-corrected chi connectivity index (χ0v) is 13.3. The third kappa shape index (κ3) is 5.20. The van der Waals surface area contributed by atoms with Gasteiger partial charge in [0, 0.05) is 6.61 Å². The first-order valence-corrected chi connectivity index (χ1v) is 7.09. The van der Waals surface area contributed by atoms with Crippen molar-refractivity contribution in [2.45, 2.75) is 31.4 Å². The summed E-state index contributed by atoms with van der Waals surface area (Å²) in [6.07, 6.45) is 0.108. The average molecular weight is 331 g/mol. The quantitative estimate of drug-likeness (QED) is 0.475. The SMILES string of the molecule is COC(=O)C[C@@H](C(=O)OC)[C@H](NC(=O)[C@@H]1CCCO1)C(=O)OC. The number of esters is 3. The lowest BCUT2D eigenvalue weighted by molar-refractivity contribution is -0.160. The van der Waals surface area contributed by atoms with E-state index in [0.717, 1.165) is 27.8 Å². The summed E-state index contributed by atoms with van der Waals surface area (Å²) in [6, 6.07) is -1.37. The van der Waals surface area contributed by atoms with Crippen LogP contribution in [0.5, 0.6) is 0 Å². The number of amides is 1. The van der Waals surface area contributed by atoms with Crippen LogP contribution in [0.15, 0.2) is 0 Å². The van der Waals surface area contributed by atoms with E-state index < -0.39 is 48.3 Å². The Morgan fingerprint density at radius 3 is 2.22 bits per heavy atom. The fourth-order valence-corrected chi connectivity index (χ4v) is 2.23. The molecule has 0 aromatic heterocycles. The molecule has 0 unspecified atom stereocenters. The molecule has 130 valence electrons. The van der Waals surface area contributed by atoms with Crippen molar-refractivity contribution in [3.8, 4) is 0 Å². The van der Waals surface area contributed by atoms with Gasteiger partial charge in [-0.15, -0.1) is 0 Å². The maximum atomic E-state index is 12.1. The zero-order chi connectivity index (χ0) is 17.4. The molecule has 0 radical (unpaired) electrons. The smallest absolute Gasteiger partial charge is 0.329 e. The van der Waals surface area contributed by atoms with Crippen LogP contribution in [0, 0.1) is 5.92 Å². The van der Waals surface area contributed by atoms with Crippen molar-refractivity contribution >= 4 is 23.8 Å². The molecule has 1 aliphatic rings. The molecule has 0 spiro atoms. The Morgan fingerprint density at radius 2 is 1.74 bits per heavy atom. The lowest BCUT2D eigenvalue weighted by Gasteiger charge is -2.24. The summed E-state index contributed by atoms with van der Waals surface area (Å²) in [5.74, 6) is -4.23. The Labute approximate surface area is 133 Å². The fourth-order valence-electron chi connectivity index (χ4n) is 2.23. The summed E-state index contributed by atoms with van der Waals surface area (Å²) < 4.78 is 18.9. The van der Waals surface area contributed by atoms with E-state index in [4.69, 9.17) is 4.74 Å². The average Bonchev–Trinajstić information content (AvgIpc) is 3.10. The molecule has 23 heavy (non-hydrogen) atoms. The van der Waals surface area contributed by atoms with Crippen molar-refractivity contribution in [3.63, 3.8) is 0 Å². The van der Waals surface area contributed by atoms with E-state index >= 15 is 0 Å². The highest BCUT2D eigenvalue weighted by Gasteiger charge is 2.40. The van der Waals surface area contributed by atoms with E-state index in [-0.39, 0.29) is 0 Å². The summed E-state index contributed by atoms with van der Waals surface area (Å²) >= 11 is 0. The zero-order valence-electron chi connectivity index (χ0n) is 13.3. The van der Waals surface area contributed by atoms with Crippen LogP contribution >= 0.6 is 0 Å². The molecule has 1 N–H and O–H groups in total. The van der Waals surface area contributed by atoms with Crippen molar-refractivity contribution in [2.75, 3.05) is 27.9 Å². The number of carbonyl (C=O) groups is 4. The van der Waals surface area contributed by atoms with Crippen molar-refractivity contribution < 1.29 is 38.1 Å². The predicted molar refractivity (Wildman–Crippen MR) is 75.1 cm³/mol. The molecule has 0 aromatic carbocycles. The van der Waals surface area contributed by atoms with Crippen LogP contribution in [-0.4, -0.2) is 63.9 Å². The number of hydrogen-bond donors (Lipinski definition) is 1. The van der Waals surface area contributed by atoms with Gasteiger partial charge in [0.25, 0.3) is 0 Å². The third-order valence-corrected chi connectivity index (χ3v) is 3.50. The van der Waals surface area contributed by atoms with E-state index in [1.54, 1.807) is 0 Å². The first-order valence-electron chi connectivity index (χ1n) is 7.09. The first kappa shape index (κ1) is 18.9. The number of ether oxygens (including phenoxy) is 4. The van der Waals surface area contributed by atoms with Gasteiger partial charge in [-0.1, -0.05) is 0 Å². The Hall–Kier alpha value is -2.16. The first-order chi connectivity index (χ1) is 10.9. The van der Waals surface area contributed by atoms with Gasteiger partial charge in [0.15, 0.2) is 0 Å². The molecule has 0 bridgehead atoms. The van der Waals surface area contributed by atoms with Crippen molar-refractivity contribution in [2.24, 2.45) is 5.92 Å². The molecule has 1 heterocycles. The topological polar surface area (TPSA) is 117 Å². The highest BCUT2D eigenvalue weighted by atomic mass is 16.5. The number of rotatable bonds is 7. The van der Waals surface area contributed by atoms with Crippen LogP contribution in [0.3, 0.4) is 0 Å². The molecule has 9 nitrogen and oxygen atoms in total. The molecule has 1 fully saturated rings. The van der Waals surface area contributed by atoms with E-state index in [2.05, 4.69) is 19.5 Å². The lowest BCUT2D eigenvalue weighted by Crippen LogP contribution is -2.52. The van der Waals surface area contributed by atoms with Crippen LogP contribution in [0.1, 0.15) is 19.3 Å². The number of methoxy groups -OCH3 is 3. The highest BCUT2D eigenvalue weighted by molar-refractivity contribution is 5.92. The van der Waals surface area contributed by atoms with Gasteiger partial charge in [-0.05, 0) is 12.8 Å². The summed E-state index contributed by atoms with van der Waals surface area (Å²) in [5, 5.41) is 2.41. The van der Waals surface area contributed by atoms with Crippen molar-refractivity contribution in [1.82, 2.24) is 5.32 Å². The molecule has 3 atom stereocenters. The van der Waals surface area contributed by atoms with E-state index in [1.807, 2.05) is 0 Å². The molecular weight excluding hydrogens is 310 g/mol. The Kier molecular flexibility index (Phi) is 7.46. The molecule has 0 aromatic rings. The largest absolute Gasteiger partial charge is 0.469 e. The number of hydrogen-bond acceptors (Lipinski definition) is 8. The third-order valence-electron chi connectivity index (χ3n) is 3.50. The van der Waals surface area contributed by atoms with Gasteiger partial charge >= 0.3 is 17.9 Å². The number of nitrogens with one attached hydrogen (secondary N) is 1. The second kappa shape index (κ2) is 9.09. The molecule has 0 aliphatic carbocycles. The minimum atomic E-state index is -1.37. The maximum Gasteiger partial charge on any atom is 0.329 e. The lowest BCUT2D eigenvalue weighted by atomic mass is 9.95. The predicted octanol–water partition coefficient (Wildman–Crippen LogP) is -0.824. The van der Waals surface area contributed by atoms with Gasteiger partial charge in [-0.3, -0.25) is 14.4 Å². The van der Waals surface area contributed by atoms with Crippen molar-refractivity contribution in [3.05, 3.63) is 0 Å². The summed E-state index contributed by atoms with van der Waals surface area (Å²) in [6.45, 7) is 0.448. The van der Waals surface area contributed by atoms with Gasteiger partial charge < -0.3 is 24.3 Å². The van der Waals surface area contributed by atoms with Gasteiger partial charge in [-0.25, -0.2) is 4.79 Å². The maximum absolute atomic E-state index is 12.1. The minimum absolute atomic E-state index is 0.436. The van der Waals surface area contributed by atoms with Crippen LogP contribution < -0.4 is 5.32 Å². The summed E-state index contributed by atoms with van der Waals surface area (Å²) in [7, 11) is 3.37. The summed E-state index contributed by atoms with van der Waals surface area (Å²) in [5.41, 5.74) is 0. The van der Waals surface area contributed by atoms with Crippen LogP contribution in [0.25, 0.3) is 0 Å². The second-order valence-electron chi connectivity index (χ2n) is 4.92.